The molecule has 82 valence electrons. The highest BCUT2D eigenvalue weighted by atomic mass is 32.1. The van der Waals surface area contributed by atoms with E-state index in [-0.39, 0.29) is 5.91 Å². The summed E-state index contributed by atoms with van der Waals surface area (Å²) in [5.74, 6) is 0.262. The number of carbonyl (C=O) groups excluding carboxylic acids is 1. The Kier molecular flexibility index (Phi) is 3.05. The molecule has 0 aliphatic carbocycles. The van der Waals surface area contributed by atoms with E-state index < -0.39 is 0 Å². The van der Waals surface area contributed by atoms with Crippen molar-refractivity contribution in [2.24, 2.45) is 0 Å². The van der Waals surface area contributed by atoms with Crippen LogP contribution in [-0.2, 0) is 11.3 Å². The second kappa shape index (κ2) is 4.31. The van der Waals surface area contributed by atoms with Crippen molar-refractivity contribution in [3.63, 3.8) is 0 Å². The van der Waals surface area contributed by atoms with E-state index in [4.69, 9.17) is 0 Å². The highest BCUT2D eigenvalue weighted by Gasteiger charge is 2.23. The molecule has 1 aromatic rings. The standard InChI is InChI=1S/C11H17N2OS/c1-9-10(2)15-8-13(9)7-11(14)12-5-3-4-6-12/h8H,3-7H2,1-2H3/q+1. The molecule has 1 aliphatic rings. The molecule has 0 radical (unpaired) electrons. The molecule has 2 heterocycles. The number of hydrogen-bond acceptors (Lipinski definition) is 2. The van der Waals surface area contributed by atoms with E-state index in [9.17, 15) is 4.79 Å². The van der Waals surface area contributed by atoms with Crippen LogP contribution in [0.5, 0.6) is 0 Å². The zero-order valence-corrected chi connectivity index (χ0v) is 10.1. The van der Waals surface area contributed by atoms with Crippen LogP contribution >= 0.6 is 11.3 Å². The predicted molar refractivity (Wildman–Crippen MR) is 59.8 cm³/mol. The van der Waals surface area contributed by atoms with Gasteiger partial charge < -0.3 is 4.90 Å². The average Bonchev–Trinajstić information content (AvgIpc) is 2.83. The van der Waals surface area contributed by atoms with Gasteiger partial charge in [0, 0.05) is 20.0 Å². The van der Waals surface area contributed by atoms with Crippen molar-refractivity contribution in [3.8, 4) is 0 Å². The second-order valence-electron chi connectivity index (χ2n) is 4.08. The fourth-order valence-corrected chi connectivity index (χ4v) is 2.68. The Morgan fingerprint density at radius 1 is 1.47 bits per heavy atom. The smallest absolute Gasteiger partial charge is 0.288 e. The van der Waals surface area contributed by atoms with Crippen LogP contribution in [-0.4, -0.2) is 23.9 Å². The summed E-state index contributed by atoms with van der Waals surface area (Å²) in [5, 5.41) is 0. The Morgan fingerprint density at radius 2 is 2.13 bits per heavy atom. The molecular weight excluding hydrogens is 208 g/mol. The van der Waals surface area contributed by atoms with Gasteiger partial charge in [0.25, 0.3) is 5.91 Å². The molecule has 0 bridgehead atoms. The molecule has 1 saturated heterocycles. The van der Waals surface area contributed by atoms with Crippen molar-refractivity contribution in [3.05, 3.63) is 16.1 Å². The van der Waals surface area contributed by atoms with Gasteiger partial charge in [-0.3, -0.25) is 4.79 Å². The minimum Gasteiger partial charge on any atom is -0.337 e. The van der Waals surface area contributed by atoms with Gasteiger partial charge in [-0.2, -0.15) is 4.57 Å². The van der Waals surface area contributed by atoms with Crippen LogP contribution in [0, 0.1) is 13.8 Å². The lowest BCUT2D eigenvalue weighted by Gasteiger charge is -2.12. The first-order chi connectivity index (χ1) is 7.18. The molecule has 4 heteroatoms. The van der Waals surface area contributed by atoms with Gasteiger partial charge in [0.2, 0.25) is 12.1 Å². The number of thiazole rings is 1. The first kappa shape index (κ1) is 10.6. The monoisotopic (exact) mass is 225 g/mol. The van der Waals surface area contributed by atoms with Crippen molar-refractivity contribution in [2.45, 2.75) is 33.2 Å². The minimum atomic E-state index is 0.262. The molecule has 2 rings (SSSR count). The maximum absolute atomic E-state index is 11.9. The molecule has 0 saturated carbocycles. The van der Waals surface area contributed by atoms with E-state index >= 15 is 0 Å². The summed E-state index contributed by atoms with van der Waals surface area (Å²) in [4.78, 5) is 15.2. The first-order valence-electron chi connectivity index (χ1n) is 5.40. The minimum absolute atomic E-state index is 0.262. The lowest BCUT2D eigenvalue weighted by Crippen LogP contribution is -2.44. The Balaban J connectivity index is 2.02. The van der Waals surface area contributed by atoms with E-state index in [2.05, 4.69) is 18.4 Å². The summed E-state index contributed by atoms with van der Waals surface area (Å²) >= 11 is 1.71. The normalized spacial score (nSPS) is 16.0. The molecule has 0 spiro atoms. The van der Waals surface area contributed by atoms with E-state index in [1.54, 1.807) is 11.3 Å². The Hall–Kier alpha value is -0.900. The van der Waals surface area contributed by atoms with Crippen molar-refractivity contribution in [2.75, 3.05) is 13.1 Å². The van der Waals surface area contributed by atoms with Crippen LogP contribution in [0.2, 0.25) is 0 Å². The fourth-order valence-electron chi connectivity index (χ4n) is 1.88. The summed E-state index contributed by atoms with van der Waals surface area (Å²) in [6.45, 7) is 6.57. The van der Waals surface area contributed by atoms with Crippen molar-refractivity contribution >= 4 is 17.2 Å². The van der Waals surface area contributed by atoms with Gasteiger partial charge in [-0.05, 0) is 19.8 Å². The van der Waals surface area contributed by atoms with Gasteiger partial charge in [0.1, 0.15) is 0 Å². The van der Waals surface area contributed by atoms with Crippen LogP contribution in [0.4, 0.5) is 0 Å². The molecule has 1 fully saturated rings. The van der Waals surface area contributed by atoms with Gasteiger partial charge in [-0.1, -0.05) is 11.3 Å². The average molecular weight is 225 g/mol. The third kappa shape index (κ3) is 2.20. The highest BCUT2D eigenvalue weighted by molar-refractivity contribution is 7.09. The van der Waals surface area contributed by atoms with E-state index in [0.29, 0.717) is 6.54 Å². The molecule has 1 aromatic heterocycles. The first-order valence-corrected chi connectivity index (χ1v) is 6.28. The highest BCUT2D eigenvalue weighted by Crippen LogP contribution is 2.10. The van der Waals surface area contributed by atoms with Crippen LogP contribution in [0.15, 0.2) is 5.51 Å². The molecular formula is C11H17N2OS+. The van der Waals surface area contributed by atoms with Crippen LogP contribution in [0.1, 0.15) is 23.4 Å². The van der Waals surface area contributed by atoms with Crippen LogP contribution in [0.25, 0.3) is 0 Å². The number of nitrogens with zero attached hydrogens (tertiary/aromatic N) is 2. The van der Waals surface area contributed by atoms with Crippen LogP contribution in [0.3, 0.4) is 0 Å². The Labute approximate surface area is 94.3 Å². The zero-order valence-electron chi connectivity index (χ0n) is 9.32. The number of likely N-dealkylation sites (tertiary alicyclic amines) is 1. The van der Waals surface area contributed by atoms with Gasteiger partial charge in [-0.15, -0.1) is 0 Å². The molecule has 0 aromatic carbocycles. The SMILES string of the molecule is Cc1sc[n+](CC(=O)N2CCCC2)c1C. The number of carbonyl (C=O) groups is 1. The third-order valence-corrected chi connectivity index (χ3v) is 4.07. The van der Waals surface area contributed by atoms with Crippen LogP contribution < -0.4 is 4.57 Å². The van der Waals surface area contributed by atoms with E-state index in [1.165, 1.54) is 10.6 Å². The Morgan fingerprint density at radius 3 is 2.67 bits per heavy atom. The largest absolute Gasteiger partial charge is 0.337 e. The fraction of sp³-hybridized carbons (Fsp3) is 0.636. The number of aromatic nitrogens is 1. The molecule has 1 amide bonds. The maximum Gasteiger partial charge on any atom is 0.288 e. The number of amides is 1. The predicted octanol–water partition coefficient (Wildman–Crippen LogP) is 1.27. The van der Waals surface area contributed by atoms with Gasteiger partial charge >= 0.3 is 0 Å². The van der Waals surface area contributed by atoms with E-state index in [0.717, 1.165) is 25.9 Å². The maximum atomic E-state index is 11.9. The summed E-state index contributed by atoms with van der Waals surface area (Å²) in [6.07, 6.45) is 2.33. The molecule has 15 heavy (non-hydrogen) atoms. The lowest BCUT2D eigenvalue weighted by atomic mass is 10.4. The molecule has 0 N–H and O–H groups in total. The Bertz CT molecular complexity index is 367. The number of aryl methyl sites for hydroxylation is 1. The number of rotatable bonds is 2. The molecule has 1 aliphatic heterocycles. The topological polar surface area (TPSA) is 24.2 Å². The molecule has 0 unspecified atom stereocenters. The summed E-state index contributed by atoms with van der Waals surface area (Å²) in [6, 6.07) is 0. The second-order valence-corrected chi connectivity index (χ2v) is 5.14. The number of hydrogen-bond donors (Lipinski definition) is 0. The summed E-state index contributed by atoms with van der Waals surface area (Å²) in [5.41, 5.74) is 3.26. The lowest BCUT2D eigenvalue weighted by molar-refractivity contribution is -0.686. The molecule has 3 nitrogen and oxygen atoms in total. The van der Waals surface area contributed by atoms with Gasteiger partial charge in [0.15, 0.2) is 5.69 Å². The van der Waals surface area contributed by atoms with E-state index in [1.807, 2.05) is 10.4 Å². The van der Waals surface area contributed by atoms with Crippen molar-refractivity contribution in [1.29, 1.82) is 0 Å². The van der Waals surface area contributed by atoms with Gasteiger partial charge in [0.05, 0.1) is 4.88 Å². The summed E-state index contributed by atoms with van der Waals surface area (Å²) < 4.78 is 2.06. The third-order valence-electron chi connectivity index (χ3n) is 3.06. The quantitative estimate of drug-likeness (QED) is 0.696. The van der Waals surface area contributed by atoms with Crippen molar-refractivity contribution in [1.82, 2.24) is 4.90 Å². The summed E-state index contributed by atoms with van der Waals surface area (Å²) in [7, 11) is 0. The van der Waals surface area contributed by atoms with Crippen molar-refractivity contribution < 1.29 is 9.36 Å². The zero-order chi connectivity index (χ0) is 10.8. The molecule has 0 atom stereocenters. The van der Waals surface area contributed by atoms with Gasteiger partial charge in [-0.25, -0.2) is 0 Å².